The molecule has 0 amide bonds. The van der Waals surface area contributed by atoms with Gasteiger partial charge in [0.05, 0.1) is 16.3 Å². The summed E-state index contributed by atoms with van der Waals surface area (Å²) in [7, 11) is 0. The van der Waals surface area contributed by atoms with E-state index in [9.17, 15) is 4.79 Å². The number of aromatic nitrogens is 2. The molecule has 1 fully saturated rings. The molecular formula is C24H25ClN2O2S. The SMILES string of the molecule is Cc1nn(-c2ccccc2)c(OC(=O)CC2CCCCC2)c1Sc1ccc(Cl)cc1. The molecule has 1 saturated carbocycles. The van der Waals surface area contributed by atoms with E-state index in [1.54, 1.807) is 4.68 Å². The van der Waals surface area contributed by atoms with Gasteiger partial charge in [-0.15, -0.1) is 0 Å². The van der Waals surface area contributed by atoms with Crippen LogP contribution in [-0.2, 0) is 4.79 Å². The van der Waals surface area contributed by atoms with Gasteiger partial charge in [-0.25, -0.2) is 0 Å². The summed E-state index contributed by atoms with van der Waals surface area (Å²) in [4.78, 5) is 14.7. The van der Waals surface area contributed by atoms with E-state index in [-0.39, 0.29) is 5.97 Å². The number of hydrogen-bond acceptors (Lipinski definition) is 4. The molecule has 0 N–H and O–H groups in total. The largest absolute Gasteiger partial charge is 0.406 e. The van der Waals surface area contributed by atoms with Gasteiger partial charge in [0.2, 0.25) is 5.88 Å². The van der Waals surface area contributed by atoms with Gasteiger partial charge in [0.15, 0.2) is 0 Å². The second kappa shape index (κ2) is 9.71. The Morgan fingerprint density at radius 3 is 2.50 bits per heavy atom. The quantitative estimate of drug-likeness (QED) is 0.392. The summed E-state index contributed by atoms with van der Waals surface area (Å²) in [6.07, 6.45) is 6.36. The van der Waals surface area contributed by atoms with Gasteiger partial charge in [0, 0.05) is 16.3 Å². The van der Waals surface area contributed by atoms with Crippen molar-refractivity contribution in [3.05, 3.63) is 65.3 Å². The lowest BCUT2D eigenvalue weighted by atomic mass is 9.87. The number of carbonyl (C=O) groups is 1. The van der Waals surface area contributed by atoms with Crippen LogP contribution in [0.1, 0.15) is 44.2 Å². The molecule has 1 aromatic heterocycles. The molecule has 0 spiro atoms. The minimum atomic E-state index is -0.183. The van der Waals surface area contributed by atoms with Crippen LogP contribution in [0.5, 0.6) is 5.88 Å². The molecule has 0 unspecified atom stereocenters. The number of ether oxygens (including phenoxy) is 1. The standard InChI is InChI=1S/C24H25ClN2O2S/c1-17-23(30-21-14-12-19(25)13-15-21)24(27(26-17)20-10-6-3-7-11-20)29-22(28)16-18-8-4-2-5-9-18/h3,6-7,10-15,18H,2,4-5,8-9,16H2,1H3. The van der Waals surface area contributed by atoms with Gasteiger partial charge in [0.1, 0.15) is 0 Å². The van der Waals surface area contributed by atoms with Crippen LogP contribution in [0.25, 0.3) is 5.69 Å². The number of benzene rings is 2. The van der Waals surface area contributed by atoms with Crippen molar-refractivity contribution >= 4 is 29.3 Å². The number of hydrogen-bond donors (Lipinski definition) is 0. The zero-order valence-electron chi connectivity index (χ0n) is 17.0. The van der Waals surface area contributed by atoms with Crippen molar-refractivity contribution in [2.75, 3.05) is 0 Å². The van der Waals surface area contributed by atoms with Crippen LogP contribution in [0.2, 0.25) is 5.02 Å². The van der Waals surface area contributed by atoms with Crippen molar-refractivity contribution in [1.82, 2.24) is 9.78 Å². The smallest absolute Gasteiger partial charge is 0.312 e. The molecule has 0 radical (unpaired) electrons. The molecule has 0 saturated heterocycles. The fourth-order valence-corrected chi connectivity index (χ4v) is 4.88. The van der Waals surface area contributed by atoms with Crippen molar-refractivity contribution in [2.45, 2.75) is 55.2 Å². The van der Waals surface area contributed by atoms with E-state index in [1.165, 1.54) is 31.0 Å². The van der Waals surface area contributed by atoms with Crippen molar-refractivity contribution in [2.24, 2.45) is 5.92 Å². The van der Waals surface area contributed by atoms with Crippen molar-refractivity contribution < 1.29 is 9.53 Å². The Labute approximate surface area is 186 Å². The minimum Gasteiger partial charge on any atom is -0.406 e. The van der Waals surface area contributed by atoms with Gasteiger partial charge in [-0.2, -0.15) is 9.78 Å². The molecule has 1 aliphatic carbocycles. The second-order valence-corrected chi connectivity index (χ2v) is 9.23. The lowest BCUT2D eigenvalue weighted by Crippen LogP contribution is -2.18. The van der Waals surface area contributed by atoms with Gasteiger partial charge >= 0.3 is 5.97 Å². The number of nitrogens with zero attached hydrogens (tertiary/aromatic N) is 2. The van der Waals surface area contributed by atoms with Crippen LogP contribution in [0.4, 0.5) is 0 Å². The Bertz CT molecular complexity index is 996. The van der Waals surface area contributed by atoms with E-state index in [4.69, 9.17) is 16.3 Å². The molecule has 2 aromatic carbocycles. The number of para-hydroxylation sites is 1. The molecule has 0 aliphatic heterocycles. The summed E-state index contributed by atoms with van der Waals surface area (Å²) >= 11 is 7.56. The van der Waals surface area contributed by atoms with Crippen molar-refractivity contribution in [3.63, 3.8) is 0 Å². The van der Waals surface area contributed by atoms with E-state index in [0.717, 1.165) is 34.0 Å². The third-order valence-electron chi connectivity index (χ3n) is 5.39. The molecule has 0 atom stereocenters. The maximum Gasteiger partial charge on any atom is 0.312 e. The Balaban J connectivity index is 1.64. The number of carbonyl (C=O) groups excluding carboxylic acids is 1. The first-order chi connectivity index (χ1) is 14.6. The first kappa shape index (κ1) is 21.0. The molecular weight excluding hydrogens is 416 g/mol. The van der Waals surface area contributed by atoms with Gasteiger partial charge in [-0.1, -0.05) is 60.8 Å². The summed E-state index contributed by atoms with van der Waals surface area (Å²) in [5, 5.41) is 5.38. The predicted octanol–water partition coefficient (Wildman–Crippen LogP) is 6.86. The van der Waals surface area contributed by atoms with E-state index in [1.807, 2.05) is 61.5 Å². The zero-order valence-corrected chi connectivity index (χ0v) is 18.6. The number of aryl methyl sites for hydroxylation is 1. The molecule has 4 rings (SSSR count). The lowest BCUT2D eigenvalue weighted by Gasteiger charge is -2.20. The van der Waals surface area contributed by atoms with Crippen LogP contribution >= 0.6 is 23.4 Å². The van der Waals surface area contributed by atoms with E-state index < -0.39 is 0 Å². The van der Waals surface area contributed by atoms with Crippen LogP contribution < -0.4 is 4.74 Å². The summed E-state index contributed by atoms with van der Waals surface area (Å²) < 4.78 is 7.69. The molecule has 6 heteroatoms. The first-order valence-corrected chi connectivity index (χ1v) is 11.6. The Morgan fingerprint density at radius 1 is 1.10 bits per heavy atom. The third kappa shape index (κ3) is 5.08. The summed E-state index contributed by atoms with van der Waals surface area (Å²) in [6.45, 7) is 1.94. The van der Waals surface area contributed by atoms with Crippen LogP contribution in [0.3, 0.4) is 0 Å². The lowest BCUT2D eigenvalue weighted by molar-refractivity contribution is -0.136. The molecule has 1 aliphatic rings. The fraction of sp³-hybridized carbons (Fsp3) is 0.333. The molecule has 3 aromatic rings. The number of halogens is 1. The van der Waals surface area contributed by atoms with Gasteiger partial charge in [0.25, 0.3) is 0 Å². The third-order valence-corrected chi connectivity index (χ3v) is 6.82. The van der Waals surface area contributed by atoms with Gasteiger partial charge in [-0.3, -0.25) is 4.79 Å². The summed E-state index contributed by atoms with van der Waals surface area (Å²) in [5.74, 6) is 0.726. The second-order valence-electron chi connectivity index (χ2n) is 7.71. The van der Waals surface area contributed by atoms with E-state index in [0.29, 0.717) is 23.2 Å². The highest BCUT2D eigenvalue weighted by molar-refractivity contribution is 7.99. The molecule has 4 nitrogen and oxygen atoms in total. The first-order valence-electron chi connectivity index (χ1n) is 10.4. The molecule has 1 heterocycles. The number of esters is 1. The number of rotatable bonds is 6. The topological polar surface area (TPSA) is 44.1 Å². The Morgan fingerprint density at radius 2 is 1.80 bits per heavy atom. The van der Waals surface area contributed by atoms with Crippen molar-refractivity contribution in [3.8, 4) is 11.6 Å². The molecule has 30 heavy (non-hydrogen) atoms. The van der Waals surface area contributed by atoms with Crippen LogP contribution in [0.15, 0.2) is 64.4 Å². The van der Waals surface area contributed by atoms with E-state index >= 15 is 0 Å². The maximum absolute atomic E-state index is 12.8. The highest BCUT2D eigenvalue weighted by Crippen LogP contribution is 2.39. The Hall–Kier alpha value is -2.24. The van der Waals surface area contributed by atoms with Crippen LogP contribution in [-0.4, -0.2) is 15.7 Å². The Kier molecular flexibility index (Phi) is 6.80. The average Bonchev–Trinajstić information content (AvgIpc) is 3.06. The highest BCUT2D eigenvalue weighted by Gasteiger charge is 2.24. The van der Waals surface area contributed by atoms with Crippen molar-refractivity contribution in [1.29, 1.82) is 0 Å². The monoisotopic (exact) mass is 440 g/mol. The molecule has 156 valence electrons. The summed E-state index contributed by atoms with van der Waals surface area (Å²) in [5.41, 5.74) is 1.68. The van der Waals surface area contributed by atoms with Crippen LogP contribution in [0, 0.1) is 12.8 Å². The highest BCUT2D eigenvalue weighted by atomic mass is 35.5. The van der Waals surface area contributed by atoms with E-state index in [2.05, 4.69) is 5.10 Å². The van der Waals surface area contributed by atoms with Gasteiger partial charge in [-0.05, 0) is 62.1 Å². The fourth-order valence-electron chi connectivity index (χ4n) is 3.84. The minimum absolute atomic E-state index is 0.183. The normalized spacial score (nSPS) is 14.6. The zero-order chi connectivity index (χ0) is 20.9. The predicted molar refractivity (Wildman–Crippen MR) is 121 cm³/mol. The average molecular weight is 441 g/mol. The molecule has 0 bridgehead atoms. The maximum atomic E-state index is 12.8. The summed E-state index contributed by atoms with van der Waals surface area (Å²) in [6, 6.07) is 17.4. The van der Waals surface area contributed by atoms with Gasteiger partial charge < -0.3 is 4.74 Å².